The normalized spacial score (nSPS) is 43.5. The molecule has 0 aromatic heterocycles. The lowest BCUT2D eigenvalue weighted by Crippen LogP contribution is -2.63. The molecular weight excluding hydrogens is 462 g/mol. The Bertz CT molecular complexity index is 707. The van der Waals surface area contributed by atoms with Crippen molar-refractivity contribution < 1.29 is 14.2 Å². The number of rotatable bonds is 13. The van der Waals surface area contributed by atoms with E-state index < -0.39 is 0 Å². The summed E-state index contributed by atoms with van der Waals surface area (Å²) in [7, 11) is 0. The van der Waals surface area contributed by atoms with Crippen LogP contribution in [0.1, 0.15) is 91.9 Å². The van der Waals surface area contributed by atoms with Crippen molar-refractivity contribution in [2.75, 3.05) is 39.5 Å². The molecule has 0 amide bonds. The minimum atomic E-state index is 0.213. The van der Waals surface area contributed by atoms with Crippen LogP contribution in [0.4, 0.5) is 0 Å². The lowest BCUT2D eigenvalue weighted by atomic mass is 9.43. The predicted molar refractivity (Wildman–Crippen MR) is 151 cm³/mol. The van der Waals surface area contributed by atoms with Crippen LogP contribution in [0, 0.1) is 46.3 Å². The molecule has 2 unspecified atom stereocenters. The summed E-state index contributed by atoms with van der Waals surface area (Å²) < 4.78 is 20.0. The van der Waals surface area contributed by atoms with Gasteiger partial charge in [-0.15, -0.1) is 0 Å². The van der Waals surface area contributed by atoms with Crippen molar-refractivity contribution in [1.82, 2.24) is 0 Å². The number of nitrogens with two attached hydrogens (primary N) is 3. The Balaban J connectivity index is 1.63. The molecule has 6 N–H and O–H groups in total. The quantitative estimate of drug-likeness (QED) is 0.303. The molecule has 6 heteroatoms. The molecule has 4 aliphatic rings. The highest BCUT2D eigenvalue weighted by Gasteiger charge is 2.66. The van der Waals surface area contributed by atoms with Crippen LogP contribution >= 0.6 is 0 Å². The Hall–Kier alpha value is -0.240. The summed E-state index contributed by atoms with van der Waals surface area (Å²) in [5.41, 5.74) is 18.0. The first-order valence-electron chi connectivity index (χ1n) is 15.8. The first-order valence-corrected chi connectivity index (χ1v) is 15.8. The van der Waals surface area contributed by atoms with Gasteiger partial charge in [0.25, 0.3) is 0 Å². The predicted octanol–water partition coefficient (Wildman–Crippen LogP) is 4.72. The summed E-state index contributed by atoms with van der Waals surface area (Å²) in [6, 6.07) is 0. The van der Waals surface area contributed by atoms with E-state index in [1.54, 1.807) is 0 Å². The molecule has 6 nitrogen and oxygen atoms in total. The zero-order valence-corrected chi connectivity index (χ0v) is 24.5. The van der Waals surface area contributed by atoms with E-state index in [0.717, 1.165) is 45.5 Å². The highest BCUT2D eigenvalue weighted by molar-refractivity contribution is 5.15. The van der Waals surface area contributed by atoms with Crippen molar-refractivity contribution in [2.45, 2.75) is 110 Å². The second-order valence-electron chi connectivity index (χ2n) is 13.7. The highest BCUT2D eigenvalue weighted by atomic mass is 16.5. The van der Waals surface area contributed by atoms with Crippen LogP contribution in [-0.4, -0.2) is 57.8 Å². The van der Waals surface area contributed by atoms with Crippen LogP contribution in [-0.2, 0) is 14.2 Å². The summed E-state index contributed by atoms with van der Waals surface area (Å²) in [5.74, 6) is 3.97. The maximum Gasteiger partial charge on any atom is 0.0637 e. The minimum Gasteiger partial charge on any atom is -0.378 e. The van der Waals surface area contributed by atoms with E-state index in [1.165, 1.54) is 38.5 Å². The molecule has 0 heterocycles. The van der Waals surface area contributed by atoms with E-state index in [4.69, 9.17) is 31.4 Å². The van der Waals surface area contributed by atoms with Crippen LogP contribution in [0.2, 0.25) is 0 Å². The summed E-state index contributed by atoms with van der Waals surface area (Å²) in [6.45, 7) is 14.6. The minimum absolute atomic E-state index is 0.213. The molecule has 0 aromatic carbocycles. The molecule has 216 valence electrons. The molecule has 4 saturated carbocycles. The maximum absolute atomic E-state index is 6.84. The number of ether oxygens (including phenoxy) is 3. The standard InChI is InChI=1S/C31H59N3O3/c1-21(2)24-8-9-25-29-26(20-28(31(24,25)4)37-17-7-14-34)30(3)11-10-23(35-15-5-12-32)18-22(30)19-27(29)36-16-6-13-33/h21-29H,5-20,32-34H2,1-4H3/t22?,23-,24-,25+,26+,27-,28+,29?,30+,31-/m1/s1. The van der Waals surface area contributed by atoms with Gasteiger partial charge < -0.3 is 31.4 Å². The average molecular weight is 522 g/mol. The van der Waals surface area contributed by atoms with Crippen molar-refractivity contribution >= 4 is 0 Å². The van der Waals surface area contributed by atoms with Gasteiger partial charge in [-0.1, -0.05) is 27.7 Å². The van der Waals surface area contributed by atoms with Crippen LogP contribution in [0.3, 0.4) is 0 Å². The Morgan fingerprint density at radius 3 is 2.05 bits per heavy atom. The van der Waals surface area contributed by atoms with Gasteiger partial charge >= 0.3 is 0 Å². The van der Waals surface area contributed by atoms with Gasteiger partial charge in [-0.25, -0.2) is 0 Å². The summed E-state index contributed by atoms with van der Waals surface area (Å²) >= 11 is 0. The second kappa shape index (κ2) is 13.0. The number of hydrogen-bond donors (Lipinski definition) is 3. The third kappa shape index (κ3) is 5.81. The van der Waals surface area contributed by atoms with Crippen molar-refractivity contribution in [3.8, 4) is 0 Å². The van der Waals surface area contributed by atoms with Crippen LogP contribution < -0.4 is 17.2 Å². The largest absolute Gasteiger partial charge is 0.378 e. The Labute approximate surface area is 227 Å². The molecule has 4 rings (SSSR count). The number of hydrogen-bond acceptors (Lipinski definition) is 6. The van der Waals surface area contributed by atoms with Crippen LogP contribution in [0.15, 0.2) is 0 Å². The third-order valence-corrected chi connectivity index (χ3v) is 11.6. The van der Waals surface area contributed by atoms with E-state index in [-0.39, 0.29) is 5.41 Å². The van der Waals surface area contributed by atoms with E-state index in [0.29, 0.717) is 78.9 Å². The highest BCUT2D eigenvalue weighted by Crippen LogP contribution is 2.69. The molecule has 10 atom stereocenters. The van der Waals surface area contributed by atoms with Gasteiger partial charge in [0.1, 0.15) is 0 Å². The van der Waals surface area contributed by atoms with E-state index in [1.807, 2.05) is 0 Å². The molecule has 4 aliphatic carbocycles. The summed E-state index contributed by atoms with van der Waals surface area (Å²) in [4.78, 5) is 0. The topological polar surface area (TPSA) is 106 Å². The van der Waals surface area contributed by atoms with Gasteiger partial charge in [-0.3, -0.25) is 0 Å². The average Bonchev–Trinajstić information content (AvgIpc) is 3.23. The molecule has 0 spiro atoms. The Morgan fingerprint density at radius 2 is 1.41 bits per heavy atom. The van der Waals surface area contributed by atoms with Crippen LogP contribution in [0.5, 0.6) is 0 Å². The molecule has 37 heavy (non-hydrogen) atoms. The fraction of sp³-hybridized carbons (Fsp3) is 1.00. The van der Waals surface area contributed by atoms with Gasteiger partial charge in [0.15, 0.2) is 0 Å². The van der Waals surface area contributed by atoms with E-state index >= 15 is 0 Å². The van der Waals surface area contributed by atoms with Crippen molar-refractivity contribution in [3.05, 3.63) is 0 Å². The summed E-state index contributed by atoms with van der Waals surface area (Å²) in [6.07, 6.45) is 12.5. The fourth-order valence-corrected chi connectivity index (χ4v) is 9.75. The first-order chi connectivity index (χ1) is 17.8. The zero-order valence-electron chi connectivity index (χ0n) is 24.5. The SMILES string of the molecule is CC(C)[C@H]1CC[C@H]2C3[C@H](OCCCN)CC4C[C@H](OCCCN)CC[C@]4(C)[C@H]3C[C@H](OCCCN)[C@]12C. The third-order valence-electron chi connectivity index (χ3n) is 11.6. The molecule has 0 saturated heterocycles. The van der Waals surface area contributed by atoms with Gasteiger partial charge in [0.2, 0.25) is 0 Å². The first kappa shape index (κ1) is 29.7. The van der Waals surface area contributed by atoms with Gasteiger partial charge in [-0.05, 0) is 125 Å². The molecule has 0 aliphatic heterocycles. The summed E-state index contributed by atoms with van der Waals surface area (Å²) in [5, 5.41) is 0. The van der Waals surface area contributed by atoms with Crippen molar-refractivity contribution in [2.24, 2.45) is 63.5 Å². The van der Waals surface area contributed by atoms with Crippen molar-refractivity contribution in [3.63, 3.8) is 0 Å². The van der Waals surface area contributed by atoms with Crippen molar-refractivity contribution in [1.29, 1.82) is 0 Å². The molecule has 0 bridgehead atoms. The lowest BCUT2D eigenvalue weighted by Gasteiger charge is -2.64. The van der Waals surface area contributed by atoms with Gasteiger partial charge in [0.05, 0.1) is 18.3 Å². The lowest BCUT2D eigenvalue weighted by molar-refractivity contribution is -0.227. The van der Waals surface area contributed by atoms with E-state index in [9.17, 15) is 0 Å². The van der Waals surface area contributed by atoms with Crippen LogP contribution in [0.25, 0.3) is 0 Å². The fourth-order valence-electron chi connectivity index (χ4n) is 9.75. The van der Waals surface area contributed by atoms with Gasteiger partial charge in [0, 0.05) is 25.2 Å². The smallest absolute Gasteiger partial charge is 0.0637 e. The number of fused-ring (bicyclic) bond motifs is 5. The molecule has 0 aromatic rings. The Morgan fingerprint density at radius 1 is 0.757 bits per heavy atom. The van der Waals surface area contributed by atoms with E-state index in [2.05, 4.69) is 27.7 Å². The monoisotopic (exact) mass is 521 g/mol. The zero-order chi connectivity index (χ0) is 26.6. The second-order valence-corrected chi connectivity index (χ2v) is 13.7. The molecular formula is C31H59N3O3. The Kier molecular flexibility index (Phi) is 10.4. The molecule has 0 radical (unpaired) electrons. The van der Waals surface area contributed by atoms with Gasteiger partial charge in [-0.2, -0.15) is 0 Å². The maximum atomic E-state index is 6.84. The molecule has 4 fully saturated rings.